The second-order valence-corrected chi connectivity index (χ2v) is 8.78. The lowest BCUT2D eigenvalue weighted by atomic mass is 9.72. The van der Waals surface area contributed by atoms with Gasteiger partial charge in [-0.3, -0.25) is 0 Å². The fraction of sp³-hybridized carbons (Fsp3) is 0.500. The third kappa shape index (κ3) is 3.58. The molecule has 0 aliphatic carbocycles. The molecule has 148 valence electrons. The van der Waals surface area contributed by atoms with E-state index in [0.29, 0.717) is 5.92 Å². The van der Waals surface area contributed by atoms with Gasteiger partial charge in [-0.15, -0.1) is 0 Å². The van der Waals surface area contributed by atoms with Gasteiger partial charge in [0.1, 0.15) is 5.82 Å². The molecule has 4 rings (SSSR count). The van der Waals surface area contributed by atoms with Gasteiger partial charge < -0.3 is 10.2 Å². The van der Waals surface area contributed by atoms with Crippen molar-refractivity contribution in [1.82, 2.24) is 14.9 Å². The minimum absolute atomic E-state index is 0.123. The second-order valence-electron chi connectivity index (χ2n) is 8.78. The molecule has 0 unspecified atom stereocenters. The molecule has 2 aliphatic heterocycles. The molecule has 4 nitrogen and oxygen atoms in total. The summed E-state index contributed by atoms with van der Waals surface area (Å²) in [5, 5.41) is 3.55. The molecule has 0 amide bonds. The monoisotopic (exact) mass is 376 g/mol. The number of piperidine rings is 1. The van der Waals surface area contributed by atoms with E-state index in [9.17, 15) is 0 Å². The minimum atomic E-state index is 0.123. The Morgan fingerprint density at radius 1 is 1.18 bits per heavy atom. The van der Waals surface area contributed by atoms with E-state index in [0.717, 1.165) is 51.1 Å². The van der Waals surface area contributed by atoms with Crippen LogP contribution in [0.1, 0.15) is 61.5 Å². The Morgan fingerprint density at radius 2 is 1.89 bits per heavy atom. The first kappa shape index (κ1) is 19.1. The molecular formula is C24H32N4. The Balaban J connectivity index is 1.31. The van der Waals surface area contributed by atoms with Crippen LogP contribution in [0.4, 0.5) is 5.69 Å². The molecule has 1 aromatic heterocycles. The number of nitrogens with one attached hydrogen (secondary N) is 1. The lowest BCUT2D eigenvalue weighted by molar-refractivity contribution is 0.179. The predicted molar refractivity (Wildman–Crippen MR) is 116 cm³/mol. The molecule has 1 aromatic carbocycles. The zero-order valence-electron chi connectivity index (χ0n) is 17.5. The molecule has 0 bridgehead atoms. The van der Waals surface area contributed by atoms with E-state index >= 15 is 0 Å². The van der Waals surface area contributed by atoms with Gasteiger partial charge in [-0.1, -0.05) is 38.1 Å². The smallest absolute Gasteiger partial charge is 0.130 e. The number of nitrogens with zero attached hydrogens (tertiary/aromatic N) is 3. The largest absolute Gasteiger partial charge is 0.358 e. The number of fused-ring (bicyclic) bond motifs is 2. The molecule has 1 saturated heterocycles. The van der Waals surface area contributed by atoms with Crippen molar-refractivity contribution in [3.05, 3.63) is 65.4 Å². The van der Waals surface area contributed by atoms with Crippen LogP contribution in [-0.2, 0) is 11.8 Å². The number of rotatable bonds is 5. The van der Waals surface area contributed by atoms with E-state index in [1.807, 2.05) is 12.4 Å². The molecule has 0 atom stereocenters. The van der Waals surface area contributed by atoms with Gasteiger partial charge in [0, 0.05) is 35.1 Å². The van der Waals surface area contributed by atoms with E-state index in [-0.39, 0.29) is 5.41 Å². The predicted octanol–water partition coefficient (Wildman–Crippen LogP) is 4.81. The lowest BCUT2D eigenvalue weighted by Crippen LogP contribution is -2.43. The number of likely N-dealkylation sites (tertiary alicyclic amines) is 1. The van der Waals surface area contributed by atoms with Gasteiger partial charge in [0.2, 0.25) is 0 Å². The first-order valence-corrected chi connectivity index (χ1v) is 10.6. The standard InChI is InChI=1S/C24H32N4/c1-17(2)23-25-15-20(16-26-23)6-5-11-28-12-9-24(10-13-28)19(4)27-22-8-7-18(3)14-21(22)24/h7-8,14-17,27H,4-6,9-13H2,1-3H3. The lowest BCUT2D eigenvalue weighted by Gasteiger charge is -2.40. The van der Waals surface area contributed by atoms with Gasteiger partial charge in [0.25, 0.3) is 0 Å². The third-order valence-electron chi connectivity index (χ3n) is 6.44. The average molecular weight is 377 g/mol. The zero-order valence-corrected chi connectivity index (χ0v) is 17.5. The summed E-state index contributed by atoms with van der Waals surface area (Å²) in [6, 6.07) is 6.76. The molecule has 3 heterocycles. The number of aryl methyl sites for hydroxylation is 2. The van der Waals surface area contributed by atoms with Gasteiger partial charge >= 0.3 is 0 Å². The third-order valence-corrected chi connectivity index (χ3v) is 6.44. The second kappa shape index (κ2) is 7.67. The molecule has 0 saturated carbocycles. The molecule has 2 aromatic rings. The molecule has 0 radical (unpaired) electrons. The van der Waals surface area contributed by atoms with E-state index in [4.69, 9.17) is 0 Å². The van der Waals surface area contributed by atoms with Gasteiger partial charge in [-0.05, 0) is 69.4 Å². The summed E-state index contributed by atoms with van der Waals surface area (Å²) < 4.78 is 0. The number of aromatic nitrogens is 2. The highest BCUT2D eigenvalue weighted by molar-refractivity contribution is 5.68. The quantitative estimate of drug-likeness (QED) is 0.813. The molecule has 1 fully saturated rings. The van der Waals surface area contributed by atoms with Crippen molar-refractivity contribution in [2.45, 2.75) is 57.8 Å². The van der Waals surface area contributed by atoms with Gasteiger partial charge in [-0.2, -0.15) is 0 Å². The normalized spacial score (nSPS) is 18.5. The van der Waals surface area contributed by atoms with Crippen molar-refractivity contribution in [3.8, 4) is 0 Å². The summed E-state index contributed by atoms with van der Waals surface area (Å²) >= 11 is 0. The highest BCUT2D eigenvalue weighted by Crippen LogP contribution is 2.49. The van der Waals surface area contributed by atoms with Crippen LogP contribution >= 0.6 is 0 Å². The van der Waals surface area contributed by atoms with Crippen LogP contribution in [0.15, 0.2) is 42.9 Å². The average Bonchev–Trinajstić information content (AvgIpc) is 2.95. The molecule has 2 aliphatic rings. The Bertz CT molecular complexity index is 845. The van der Waals surface area contributed by atoms with Gasteiger partial charge in [0.15, 0.2) is 0 Å². The maximum absolute atomic E-state index is 4.49. The summed E-state index contributed by atoms with van der Waals surface area (Å²) in [6.07, 6.45) is 8.52. The van der Waals surface area contributed by atoms with Crippen molar-refractivity contribution < 1.29 is 0 Å². The van der Waals surface area contributed by atoms with Gasteiger partial charge in [-0.25, -0.2) is 9.97 Å². The number of benzene rings is 1. The molecule has 1 N–H and O–H groups in total. The summed E-state index contributed by atoms with van der Waals surface area (Å²) in [5.41, 5.74) is 6.61. The molecule has 1 spiro atoms. The van der Waals surface area contributed by atoms with Crippen LogP contribution in [0.3, 0.4) is 0 Å². The molecular weight excluding hydrogens is 344 g/mol. The Kier molecular flexibility index (Phi) is 5.24. The van der Waals surface area contributed by atoms with Crippen molar-refractivity contribution in [2.24, 2.45) is 0 Å². The maximum atomic E-state index is 4.49. The van der Waals surface area contributed by atoms with Gasteiger partial charge in [0.05, 0.1) is 0 Å². The highest BCUT2D eigenvalue weighted by Gasteiger charge is 2.44. The van der Waals surface area contributed by atoms with Crippen LogP contribution in [-0.4, -0.2) is 34.5 Å². The molecule has 4 heteroatoms. The van der Waals surface area contributed by atoms with E-state index in [1.54, 1.807) is 0 Å². The van der Waals surface area contributed by atoms with Crippen molar-refractivity contribution in [1.29, 1.82) is 0 Å². The summed E-state index contributed by atoms with van der Waals surface area (Å²) in [5.74, 6) is 1.33. The molecule has 28 heavy (non-hydrogen) atoms. The first-order chi connectivity index (χ1) is 13.5. The van der Waals surface area contributed by atoms with E-state index in [2.05, 4.69) is 65.7 Å². The van der Waals surface area contributed by atoms with Crippen LogP contribution in [0.2, 0.25) is 0 Å². The Morgan fingerprint density at radius 3 is 2.57 bits per heavy atom. The van der Waals surface area contributed by atoms with Crippen molar-refractivity contribution in [3.63, 3.8) is 0 Å². The number of hydrogen-bond acceptors (Lipinski definition) is 4. The number of hydrogen-bond donors (Lipinski definition) is 1. The maximum Gasteiger partial charge on any atom is 0.130 e. The SMILES string of the molecule is C=C1Nc2ccc(C)cc2C12CCN(CCCc1cnc(C(C)C)nc1)CC2. The zero-order chi connectivity index (χ0) is 19.7. The van der Waals surface area contributed by atoms with E-state index in [1.165, 1.54) is 28.1 Å². The van der Waals surface area contributed by atoms with E-state index < -0.39 is 0 Å². The minimum Gasteiger partial charge on any atom is -0.358 e. The Hall–Kier alpha value is -2.20. The van der Waals surface area contributed by atoms with Crippen LogP contribution in [0.25, 0.3) is 0 Å². The first-order valence-electron chi connectivity index (χ1n) is 10.6. The summed E-state index contributed by atoms with van der Waals surface area (Å²) in [7, 11) is 0. The van der Waals surface area contributed by atoms with Crippen LogP contribution in [0, 0.1) is 6.92 Å². The highest BCUT2D eigenvalue weighted by atomic mass is 15.1. The fourth-order valence-corrected chi connectivity index (χ4v) is 4.64. The van der Waals surface area contributed by atoms with Crippen molar-refractivity contribution >= 4 is 5.69 Å². The number of anilines is 1. The fourth-order valence-electron chi connectivity index (χ4n) is 4.64. The van der Waals surface area contributed by atoms with Crippen LogP contribution in [0.5, 0.6) is 0 Å². The number of allylic oxidation sites excluding steroid dienone is 1. The summed E-state index contributed by atoms with van der Waals surface area (Å²) in [4.78, 5) is 11.6. The Labute approximate surface area is 169 Å². The topological polar surface area (TPSA) is 41.0 Å². The van der Waals surface area contributed by atoms with Crippen LogP contribution < -0.4 is 5.32 Å². The summed E-state index contributed by atoms with van der Waals surface area (Å²) in [6.45, 7) is 14.2. The van der Waals surface area contributed by atoms with Crippen molar-refractivity contribution in [2.75, 3.05) is 25.0 Å².